The highest BCUT2D eigenvalue weighted by Gasteiger charge is 2.26. The molecular formula is C13H22N4O4S. The summed E-state index contributed by atoms with van der Waals surface area (Å²) in [4.78, 5) is 39.7. The first-order valence-corrected chi connectivity index (χ1v) is 7.92. The molecule has 124 valence electrons. The van der Waals surface area contributed by atoms with Crippen molar-refractivity contribution in [3.8, 4) is 0 Å². The van der Waals surface area contributed by atoms with E-state index in [1.165, 1.54) is 4.90 Å². The van der Waals surface area contributed by atoms with E-state index in [0.717, 1.165) is 10.8 Å². The molecule has 3 amide bonds. The number of nitrogens with two attached hydrogens (primary N) is 1. The summed E-state index contributed by atoms with van der Waals surface area (Å²) in [7, 11) is 1.56. The molecule has 1 rings (SSSR count). The van der Waals surface area contributed by atoms with Gasteiger partial charge in [-0.05, 0) is 0 Å². The van der Waals surface area contributed by atoms with Gasteiger partial charge in [-0.1, -0.05) is 13.8 Å². The third kappa shape index (κ3) is 5.55. The van der Waals surface area contributed by atoms with Crippen molar-refractivity contribution in [2.45, 2.75) is 32.4 Å². The minimum absolute atomic E-state index is 0.00225. The van der Waals surface area contributed by atoms with Crippen LogP contribution in [-0.2, 0) is 9.59 Å². The summed E-state index contributed by atoms with van der Waals surface area (Å²) in [6.45, 7) is 4.51. The van der Waals surface area contributed by atoms with E-state index in [1.807, 2.05) is 0 Å². The van der Waals surface area contributed by atoms with Crippen LogP contribution in [0.15, 0.2) is 4.99 Å². The number of likely N-dealkylation sites (N-methyl/N-ethyl adjacent to an activating group) is 1. The van der Waals surface area contributed by atoms with Crippen LogP contribution >= 0.6 is 11.8 Å². The number of nitrogens with zero attached hydrogens (tertiary/aromatic N) is 2. The molecule has 9 heteroatoms. The Hall–Kier alpha value is -1.77. The van der Waals surface area contributed by atoms with Crippen molar-refractivity contribution in [3.63, 3.8) is 0 Å². The number of aliphatic imine (C=N–C) groups is 1. The van der Waals surface area contributed by atoms with E-state index < -0.39 is 30.4 Å². The molecule has 0 spiro atoms. The van der Waals surface area contributed by atoms with Crippen molar-refractivity contribution in [2.75, 3.05) is 19.3 Å². The molecular weight excluding hydrogens is 308 g/mol. The second-order valence-electron chi connectivity index (χ2n) is 5.48. The van der Waals surface area contributed by atoms with Gasteiger partial charge in [-0.2, -0.15) is 0 Å². The summed E-state index contributed by atoms with van der Waals surface area (Å²) >= 11 is 1.68. The van der Waals surface area contributed by atoms with Crippen LogP contribution in [0.5, 0.6) is 0 Å². The Labute approximate surface area is 133 Å². The van der Waals surface area contributed by atoms with Gasteiger partial charge in [-0.3, -0.25) is 9.79 Å². The zero-order valence-corrected chi connectivity index (χ0v) is 13.7. The highest BCUT2D eigenvalue weighted by Crippen LogP contribution is 2.23. The first kappa shape index (κ1) is 18.3. The van der Waals surface area contributed by atoms with Gasteiger partial charge in [-0.15, -0.1) is 11.8 Å². The Morgan fingerprint density at radius 1 is 1.50 bits per heavy atom. The third-order valence-corrected chi connectivity index (χ3v) is 4.48. The normalized spacial score (nSPS) is 18.7. The van der Waals surface area contributed by atoms with Crippen molar-refractivity contribution in [1.82, 2.24) is 10.2 Å². The molecule has 1 aliphatic rings. The highest BCUT2D eigenvalue weighted by molar-refractivity contribution is 8.14. The Bertz CT molecular complexity index is 481. The molecule has 0 saturated heterocycles. The lowest BCUT2D eigenvalue weighted by Crippen LogP contribution is -2.49. The van der Waals surface area contributed by atoms with Gasteiger partial charge in [-0.25, -0.2) is 9.59 Å². The second-order valence-corrected chi connectivity index (χ2v) is 6.52. The van der Waals surface area contributed by atoms with Crippen LogP contribution in [0.2, 0.25) is 0 Å². The summed E-state index contributed by atoms with van der Waals surface area (Å²) in [6, 6.07) is -1.88. The van der Waals surface area contributed by atoms with Gasteiger partial charge in [0, 0.05) is 25.3 Å². The van der Waals surface area contributed by atoms with Crippen LogP contribution in [-0.4, -0.2) is 64.4 Å². The van der Waals surface area contributed by atoms with Gasteiger partial charge in [0.1, 0.15) is 6.04 Å². The van der Waals surface area contributed by atoms with Crippen LogP contribution in [0.25, 0.3) is 0 Å². The molecule has 8 nitrogen and oxygen atoms in total. The van der Waals surface area contributed by atoms with Gasteiger partial charge in [0.2, 0.25) is 5.91 Å². The monoisotopic (exact) mass is 330 g/mol. The molecule has 1 heterocycles. The average Bonchev–Trinajstić information content (AvgIpc) is 2.85. The van der Waals surface area contributed by atoms with E-state index >= 15 is 0 Å². The molecule has 1 unspecified atom stereocenters. The fraction of sp³-hybridized carbons (Fsp3) is 0.692. The fourth-order valence-corrected chi connectivity index (χ4v) is 3.00. The van der Waals surface area contributed by atoms with Crippen molar-refractivity contribution >= 4 is 34.7 Å². The van der Waals surface area contributed by atoms with E-state index in [0.29, 0.717) is 12.5 Å². The summed E-state index contributed by atoms with van der Waals surface area (Å²) in [5.41, 5.74) is 4.97. The second kappa shape index (κ2) is 8.02. The molecule has 0 aromatic heterocycles. The largest absolute Gasteiger partial charge is 0.480 e. The lowest BCUT2D eigenvalue weighted by atomic mass is 10.2. The van der Waals surface area contributed by atoms with E-state index in [9.17, 15) is 14.4 Å². The molecule has 0 aromatic carbocycles. The Balaban J connectivity index is 2.54. The Morgan fingerprint density at radius 3 is 2.59 bits per heavy atom. The number of nitrogens with one attached hydrogen (secondary N) is 1. The van der Waals surface area contributed by atoms with Crippen molar-refractivity contribution in [2.24, 2.45) is 16.6 Å². The standard InChI is InChI=1S/C13H22N4O4S/c1-7(2)11-15-8(6-22-11)5-17(3)13(21)16-9(12(19)20)4-10(14)18/h7-9H,4-6H2,1-3H3,(H2,14,18)(H,16,21)(H,19,20)/t8?,9-/m0/s1. The molecule has 0 aliphatic carbocycles. The molecule has 0 aromatic rings. The van der Waals surface area contributed by atoms with Crippen molar-refractivity contribution in [3.05, 3.63) is 0 Å². The smallest absolute Gasteiger partial charge is 0.326 e. The fourth-order valence-electron chi connectivity index (χ4n) is 1.90. The number of primary amides is 1. The predicted octanol–water partition coefficient (Wildman–Crippen LogP) is 0.126. The summed E-state index contributed by atoms with van der Waals surface area (Å²) in [6.07, 6.45) is -0.441. The predicted molar refractivity (Wildman–Crippen MR) is 84.9 cm³/mol. The van der Waals surface area contributed by atoms with E-state index in [1.54, 1.807) is 18.8 Å². The van der Waals surface area contributed by atoms with E-state index in [-0.39, 0.29) is 6.04 Å². The van der Waals surface area contributed by atoms with Gasteiger partial charge < -0.3 is 21.1 Å². The summed E-state index contributed by atoms with van der Waals surface area (Å²) < 4.78 is 0. The molecule has 2 atom stereocenters. The molecule has 1 aliphatic heterocycles. The maximum absolute atomic E-state index is 12.0. The number of urea groups is 1. The van der Waals surface area contributed by atoms with Gasteiger partial charge in [0.25, 0.3) is 0 Å². The van der Waals surface area contributed by atoms with Crippen molar-refractivity contribution in [1.29, 1.82) is 0 Å². The molecule has 22 heavy (non-hydrogen) atoms. The average molecular weight is 330 g/mol. The number of hydrogen-bond donors (Lipinski definition) is 3. The number of rotatable bonds is 7. The highest BCUT2D eigenvalue weighted by atomic mass is 32.2. The minimum Gasteiger partial charge on any atom is -0.480 e. The first-order chi connectivity index (χ1) is 10.2. The topological polar surface area (TPSA) is 125 Å². The number of thioether (sulfide) groups is 1. The third-order valence-electron chi connectivity index (χ3n) is 3.06. The number of carbonyl (C=O) groups excluding carboxylic acids is 2. The number of carboxylic acids is 1. The van der Waals surface area contributed by atoms with Gasteiger partial charge >= 0.3 is 12.0 Å². The van der Waals surface area contributed by atoms with Gasteiger partial charge in [0.05, 0.1) is 17.5 Å². The molecule has 0 saturated carbocycles. The lowest BCUT2D eigenvalue weighted by molar-refractivity contribution is -0.140. The van der Waals surface area contributed by atoms with Gasteiger partial charge in [0.15, 0.2) is 0 Å². The van der Waals surface area contributed by atoms with Crippen LogP contribution < -0.4 is 11.1 Å². The van der Waals surface area contributed by atoms with Crippen molar-refractivity contribution < 1.29 is 19.5 Å². The number of carbonyl (C=O) groups is 3. The number of carboxylic acid groups (broad SMARTS) is 1. The van der Waals surface area contributed by atoms with Crippen LogP contribution in [0.1, 0.15) is 20.3 Å². The summed E-state index contributed by atoms with van der Waals surface area (Å²) in [5, 5.41) is 12.3. The molecule has 0 fully saturated rings. The number of hydrogen-bond acceptors (Lipinski definition) is 5. The lowest BCUT2D eigenvalue weighted by Gasteiger charge is -2.22. The van der Waals surface area contributed by atoms with E-state index in [2.05, 4.69) is 24.2 Å². The minimum atomic E-state index is -1.32. The molecule has 0 radical (unpaired) electrons. The molecule has 4 N–H and O–H groups in total. The zero-order chi connectivity index (χ0) is 16.9. The van der Waals surface area contributed by atoms with Crippen LogP contribution in [0.4, 0.5) is 4.79 Å². The Morgan fingerprint density at radius 2 is 2.14 bits per heavy atom. The first-order valence-electron chi connectivity index (χ1n) is 6.94. The number of amides is 3. The molecule has 0 bridgehead atoms. The number of aliphatic carboxylic acids is 1. The maximum Gasteiger partial charge on any atom is 0.326 e. The van der Waals surface area contributed by atoms with Crippen LogP contribution in [0, 0.1) is 5.92 Å². The maximum atomic E-state index is 12.0. The van der Waals surface area contributed by atoms with E-state index in [4.69, 9.17) is 10.8 Å². The zero-order valence-electron chi connectivity index (χ0n) is 12.9. The summed E-state index contributed by atoms with van der Waals surface area (Å²) in [5.74, 6) is -0.915. The SMILES string of the molecule is CC(C)C1=NC(CN(C)C(=O)N[C@@H](CC(N)=O)C(=O)O)CS1. The Kier molecular flexibility index (Phi) is 6.66. The van der Waals surface area contributed by atoms with Crippen LogP contribution in [0.3, 0.4) is 0 Å². The quantitative estimate of drug-likeness (QED) is 0.611.